The molecule has 0 aliphatic carbocycles. The predicted molar refractivity (Wildman–Crippen MR) is 81.7 cm³/mol. The van der Waals surface area contributed by atoms with Gasteiger partial charge in [-0.25, -0.2) is 8.42 Å². The molecule has 0 saturated carbocycles. The fourth-order valence-corrected chi connectivity index (χ4v) is 3.89. The van der Waals surface area contributed by atoms with E-state index in [1.807, 2.05) is 0 Å². The number of hydrogen-bond donors (Lipinski definition) is 1. The summed E-state index contributed by atoms with van der Waals surface area (Å²) in [5.74, 6) is -0.286. The summed E-state index contributed by atoms with van der Waals surface area (Å²) < 4.78 is 26.5. The molecule has 1 aliphatic rings. The van der Waals surface area contributed by atoms with Crippen molar-refractivity contribution in [2.75, 3.05) is 19.6 Å². The highest BCUT2D eigenvalue weighted by Gasteiger charge is 2.28. The van der Waals surface area contributed by atoms with E-state index in [9.17, 15) is 13.2 Å². The molecule has 1 N–H and O–H groups in total. The molecule has 1 amide bonds. The first-order valence-corrected chi connectivity index (χ1v) is 8.40. The smallest absolute Gasteiger partial charge is 0.251 e. The van der Waals surface area contributed by atoms with Crippen molar-refractivity contribution in [3.05, 3.63) is 42.0 Å². The van der Waals surface area contributed by atoms with Crippen molar-refractivity contribution in [2.24, 2.45) is 0 Å². The lowest BCUT2D eigenvalue weighted by atomic mass is 10.1. The van der Waals surface area contributed by atoms with Crippen LogP contribution in [0.25, 0.3) is 0 Å². The van der Waals surface area contributed by atoms with Crippen LogP contribution in [-0.4, -0.2) is 38.3 Å². The van der Waals surface area contributed by atoms with Crippen LogP contribution in [0.5, 0.6) is 0 Å². The summed E-state index contributed by atoms with van der Waals surface area (Å²) in [6, 6.07) is 4.69. The molecule has 1 aromatic rings. The first-order chi connectivity index (χ1) is 9.96. The van der Waals surface area contributed by atoms with Crippen LogP contribution in [-0.2, 0) is 10.0 Å². The summed E-state index contributed by atoms with van der Waals surface area (Å²) in [5.41, 5.74) is 1.13. The highest BCUT2D eigenvalue weighted by Crippen LogP contribution is 2.23. The number of sulfonamides is 1. The van der Waals surface area contributed by atoms with Crippen molar-refractivity contribution in [3.8, 4) is 0 Å². The van der Waals surface area contributed by atoms with E-state index in [0.29, 0.717) is 25.2 Å². The highest BCUT2D eigenvalue weighted by atomic mass is 32.2. The maximum atomic E-state index is 12.5. The number of aryl methyl sites for hydroxylation is 1. The quantitative estimate of drug-likeness (QED) is 0.842. The first kappa shape index (κ1) is 15.7. The third-order valence-corrected chi connectivity index (χ3v) is 5.46. The fraction of sp³-hybridized carbons (Fsp3) is 0.400. The van der Waals surface area contributed by atoms with Crippen LogP contribution in [0.3, 0.4) is 0 Å². The summed E-state index contributed by atoms with van der Waals surface area (Å²) in [7, 11) is -3.50. The second kappa shape index (κ2) is 6.41. The Balaban J connectivity index is 2.33. The van der Waals surface area contributed by atoms with Gasteiger partial charge >= 0.3 is 0 Å². The summed E-state index contributed by atoms with van der Waals surface area (Å²) in [5, 5.41) is 2.67. The molecule has 0 atom stereocenters. The van der Waals surface area contributed by atoms with Gasteiger partial charge in [0, 0.05) is 25.2 Å². The molecule has 1 saturated heterocycles. The fourth-order valence-electron chi connectivity index (χ4n) is 2.34. The molecule has 0 radical (unpaired) electrons. The van der Waals surface area contributed by atoms with Gasteiger partial charge in [0.05, 0.1) is 4.90 Å². The molecule has 0 aromatic heterocycles. The van der Waals surface area contributed by atoms with E-state index >= 15 is 0 Å². The van der Waals surface area contributed by atoms with Crippen LogP contribution >= 0.6 is 0 Å². The van der Waals surface area contributed by atoms with Crippen molar-refractivity contribution < 1.29 is 13.2 Å². The lowest BCUT2D eigenvalue weighted by molar-refractivity contribution is 0.0957. The summed E-state index contributed by atoms with van der Waals surface area (Å²) in [6.07, 6.45) is 3.35. The molecule has 5 nitrogen and oxygen atoms in total. The third kappa shape index (κ3) is 3.33. The van der Waals surface area contributed by atoms with Gasteiger partial charge in [0.25, 0.3) is 5.91 Å². The molecule has 2 rings (SSSR count). The summed E-state index contributed by atoms with van der Waals surface area (Å²) >= 11 is 0. The SMILES string of the molecule is C=CCNC(=O)c1cc(S(=O)(=O)N2CCCC2)ccc1C. The van der Waals surface area contributed by atoms with E-state index in [-0.39, 0.29) is 10.8 Å². The van der Waals surface area contributed by atoms with Gasteiger partial charge in [0.15, 0.2) is 0 Å². The highest BCUT2D eigenvalue weighted by molar-refractivity contribution is 7.89. The van der Waals surface area contributed by atoms with Crippen molar-refractivity contribution in [3.63, 3.8) is 0 Å². The van der Waals surface area contributed by atoms with Gasteiger partial charge in [0.1, 0.15) is 0 Å². The minimum absolute atomic E-state index is 0.179. The average molecular weight is 308 g/mol. The molecule has 1 aromatic carbocycles. The van der Waals surface area contributed by atoms with Crippen molar-refractivity contribution in [1.29, 1.82) is 0 Å². The Labute approximate surface area is 125 Å². The number of amides is 1. The molecular formula is C15H20N2O3S. The maximum absolute atomic E-state index is 12.5. The molecule has 6 heteroatoms. The van der Waals surface area contributed by atoms with Gasteiger partial charge in [0.2, 0.25) is 10.0 Å². The number of carbonyl (C=O) groups is 1. The molecule has 114 valence electrons. The van der Waals surface area contributed by atoms with Crippen molar-refractivity contribution in [1.82, 2.24) is 9.62 Å². The number of nitrogens with one attached hydrogen (secondary N) is 1. The van der Waals surface area contributed by atoms with Gasteiger partial charge in [-0.05, 0) is 37.5 Å². The van der Waals surface area contributed by atoms with E-state index in [4.69, 9.17) is 0 Å². The van der Waals surface area contributed by atoms with Gasteiger partial charge in [-0.3, -0.25) is 4.79 Å². The number of hydrogen-bond acceptors (Lipinski definition) is 3. The predicted octanol–water partition coefficient (Wildman–Crippen LogP) is 1.70. The minimum Gasteiger partial charge on any atom is -0.349 e. The zero-order chi connectivity index (χ0) is 15.5. The standard InChI is InChI=1S/C15H20N2O3S/c1-3-8-16-15(18)14-11-13(7-6-12(14)2)21(19,20)17-9-4-5-10-17/h3,6-7,11H,1,4-5,8-10H2,2H3,(H,16,18). The van der Waals surface area contributed by atoms with Crippen molar-refractivity contribution in [2.45, 2.75) is 24.7 Å². The van der Waals surface area contributed by atoms with E-state index < -0.39 is 10.0 Å². The molecular weight excluding hydrogens is 288 g/mol. The molecule has 1 fully saturated rings. The number of rotatable bonds is 5. The molecule has 1 aliphatic heterocycles. The van der Waals surface area contributed by atoms with Crippen LogP contribution in [0, 0.1) is 6.92 Å². The molecule has 21 heavy (non-hydrogen) atoms. The van der Waals surface area contributed by atoms with Gasteiger partial charge in [-0.15, -0.1) is 6.58 Å². The van der Waals surface area contributed by atoms with E-state index in [1.165, 1.54) is 10.4 Å². The Kier molecular flexibility index (Phi) is 4.80. The second-order valence-electron chi connectivity index (χ2n) is 5.09. The zero-order valence-corrected chi connectivity index (χ0v) is 12.9. The summed E-state index contributed by atoms with van der Waals surface area (Å²) in [6.45, 7) is 6.78. The maximum Gasteiger partial charge on any atom is 0.251 e. The van der Waals surface area contributed by atoms with Crippen LogP contribution in [0.15, 0.2) is 35.7 Å². The molecule has 0 unspecified atom stereocenters. The Morgan fingerprint density at radius 1 is 1.38 bits per heavy atom. The van der Waals surface area contributed by atoms with Gasteiger partial charge < -0.3 is 5.32 Å². The Morgan fingerprint density at radius 3 is 2.67 bits per heavy atom. The average Bonchev–Trinajstić information content (AvgIpc) is 3.00. The number of carbonyl (C=O) groups excluding carboxylic acids is 1. The number of nitrogens with zero attached hydrogens (tertiary/aromatic N) is 1. The lowest BCUT2D eigenvalue weighted by Crippen LogP contribution is -2.29. The molecule has 0 bridgehead atoms. The van der Waals surface area contributed by atoms with E-state index in [1.54, 1.807) is 25.1 Å². The van der Waals surface area contributed by atoms with E-state index in [0.717, 1.165) is 18.4 Å². The van der Waals surface area contributed by atoms with Crippen LogP contribution < -0.4 is 5.32 Å². The molecule has 0 spiro atoms. The monoisotopic (exact) mass is 308 g/mol. The van der Waals surface area contributed by atoms with Crippen LogP contribution in [0.4, 0.5) is 0 Å². The second-order valence-corrected chi connectivity index (χ2v) is 7.02. The van der Waals surface area contributed by atoms with Crippen molar-refractivity contribution >= 4 is 15.9 Å². The zero-order valence-electron chi connectivity index (χ0n) is 12.1. The minimum atomic E-state index is -3.50. The molecule has 1 heterocycles. The Bertz CT molecular complexity index is 647. The Hall–Kier alpha value is -1.66. The van der Waals surface area contributed by atoms with E-state index in [2.05, 4.69) is 11.9 Å². The largest absolute Gasteiger partial charge is 0.349 e. The van der Waals surface area contributed by atoms with Gasteiger partial charge in [-0.2, -0.15) is 4.31 Å². The summed E-state index contributed by atoms with van der Waals surface area (Å²) in [4.78, 5) is 12.2. The first-order valence-electron chi connectivity index (χ1n) is 6.96. The lowest BCUT2D eigenvalue weighted by Gasteiger charge is -2.16. The Morgan fingerprint density at radius 2 is 2.05 bits per heavy atom. The van der Waals surface area contributed by atoms with Crippen LogP contribution in [0.2, 0.25) is 0 Å². The normalized spacial score (nSPS) is 15.9. The van der Waals surface area contributed by atoms with Gasteiger partial charge in [-0.1, -0.05) is 12.1 Å². The third-order valence-electron chi connectivity index (χ3n) is 3.56. The number of benzene rings is 1. The van der Waals surface area contributed by atoms with Crippen LogP contribution in [0.1, 0.15) is 28.8 Å². The topological polar surface area (TPSA) is 66.5 Å².